The van der Waals surface area contributed by atoms with Crippen molar-refractivity contribution in [1.82, 2.24) is 9.80 Å². The molecule has 0 aromatic heterocycles. The van der Waals surface area contributed by atoms with Crippen molar-refractivity contribution in [3.63, 3.8) is 0 Å². The van der Waals surface area contributed by atoms with E-state index < -0.39 is 0 Å². The van der Waals surface area contributed by atoms with Crippen molar-refractivity contribution < 1.29 is 9.59 Å². The third kappa shape index (κ3) is 3.32. The van der Waals surface area contributed by atoms with Gasteiger partial charge in [-0.2, -0.15) is 0 Å². The number of carbonyl (C=O) groups is 2. The average Bonchev–Trinajstić information content (AvgIpc) is 2.60. The van der Waals surface area contributed by atoms with Crippen LogP contribution < -0.4 is 0 Å². The predicted octanol–water partition coefficient (Wildman–Crippen LogP) is 2.36. The number of carbonyl (C=O) groups excluding carboxylic acids is 2. The molecule has 0 bridgehead atoms. The molecule has 1 heterocycles. The Morgan fingerprint density at radius 3 is 2.73 bits per heavy atom. The first-order chi connectivity index (χ1) is 10.6. The van der Waals surface area contributed by atoms with Gasteiger partial charge in [-0.15, -0.1) is 0 Å². The van der Waals surface area contributed by atoms with Crippen LogP contribution in [0.1, 0.15) is 36.8 Å². The van der Waals surface area contributed by atoms with Crippen molar-refractivity contribution in [2.45, 2.75) is 39.2 Å². The molecule has 2 aliphatic rings. The number of hydrogen-bond donors (Lipinski definition) is 0. The van der Waals surface area contributed by atoms with Crippen LogP contribution in [0.15, 0.2) is 24.3 Å². The zero-order valence-electron chi connectivity index (χ0n) is 13.3. The molecule has 1 aromatic rings. The van der Waals surface area contributed by atoms with E-state index in [9.17, 15) is 9.59 Å². The van der Waals surface area contributed by atoms with Gasteiger partial charge < -0.3 is 9.80 Å². The first-order valence-corrected chi connectivity index (χ1v) is 8.25. The van der Waals surface area contributed by atoms with Crippen LogP contribution >= 0.6 is 0 Å². The van der Waals surface area contributed by atoms with Crippen molar-refractivity contribution in [3.05, 3.63) is 35.4 Å². The minimum atomic E-state index is 0.158. The summed E-state index contributed by atoms with van der Waals surface area (Å²) in [7, 11) is 0. The monoisotopic (exact) mass is 300 g/mol. The van der Waals surface area contributed by atoms with Crippen LogP contribution in [0.5, 0.6) is 0 Å². The molecule has 0 radical (unpaired) electrons. The van der Waals surface area contributed by atoms with Crippen LogP contribution in [-0.4, -0.2) is 41.2 Å². The van der Waals surface area contributed by atoms with Gasteiger partial charge in [0, 0.05) is 38.5 Å². The second-order valence-corrected chi connectivity index (χ2v) is 6.51. The van der Waals surface area contributed by atoms with E-state index in [0.717, 1.165) is 18.4 Å². The van der Waals surface area contributed by atoms with Gasteiger partial charge in [0.1, 0.15) is 0 Å². The molecule has 1 aliphatic carbocycles. The lowest BCUT2D eigenvalue weighted by Crippen LogP contribution is -2.41. The van der Waals surface area contributed by atoms with Gasteiger partial charge in [0.2, 0.25) is 11.8 Å². The Morgan fingerprint density at radius 2 is 2.05 bits per heavy atom. The normalized spacial score (nSPS) is 19.8. The minimum Gasteiger partial charge on any atom is -0.340 e. The highest BCUT2D eigenvalue weighted by Crippen LogP contribution is 2.28. The molecule has 2 fully saturated rings. The lowest BCUT2D eigenvalue weighted by molar-refractivity contribution is -0.138. The summed E-state index contributed by atoms with van der Waals surface area (Å²) < 4.78 is 0. The molecule has 4 heteroatoms. The largest absolute Gasteiger partial charge is 0.340 e. The van der Waals surface area contributed by atoms with Gasteiger partial charge in [0.05, 0.1) is 0 Å². The van der Waals surface area contributed by atoms with Gasteiger partial charge >= 0.3 is 0 Å². The number of benzene rings is 1. The topological polar surface area (TPSA) is 40.6 Å². The maximum Gasteiger partial charge on any atom is 0.225 e. The summed E-state index contributed by atoms with van der Waals surface area (Å²) in [4.78, 5) is 28.5. The van der Waals surface area contributed by atoms with Crippen LogP contribution in [0.25, 0.3) is 0 Å². The van der Waals surface area contributed by atoms with Gasteiger partial charge in [-0.1, -0.05) is 36.2 Å². The number of nitrogens with zero attached hydrogens (tertiary/aromatic N) is 2. The Kier molecular flexibility index (Phi) is 4.46. The highest BCUT2D eigenvalue weighted by molar-refractivity contribution is 5.82. The molecule has 1 aliphatic heterocycles. The molecule has 2 amide bonds. The van der Waals surface area contributed by atoms with E-state index in [1.807, 2.05) is 15.9 Å². The third-order valence-corrected chi connectivity index (χ3v) is 4.81. The summed E-state index contributed by atoms with van der Waals surface area (Å²) in [5.41, 5.74) is 2.37. The lowest BCUT2D eigenvalue weighted by atomic mass is 9.84. The standard InChI is InChI=1S/C18H24N2O2/c1-14-4-2-5-15(12-14)13-20-11-10-19(9-8-17(20)21)18(22)16-6-3-7-16/h2,4-5,12,16H,3,6-11,13H2,1H3. The quantitative estimate of drug-likeness (QED) is 0.860. The summed E-state index contributed by atoms with van der Waals surface area (Å²) in [5.74, 6) is 0.639. The fraction of sp³-hybridized carbons (Fsp3) is 0.556. The second-order valence-electron chi connectivity index (χ2n) is 6.51. The molecule has 1 aromatic carbocycles. The smallest absolute Gasteiger partial charge is 0.225 e. The Labute approximate surface area is 132 Å². The first kappa shape index (κ1) is 15.1. The van der Waals surface area contributed by atoms with Crippen molar-refractivity contribution in [2.24, 2.45) is 5.92 Å². The SMILES string of the molecule is Cc1cccc(CN2CCN(C(=O)C3CCC3)CCC2=O)c1. The molecule has 22 heavy (non-hydrogen) atoms. The number of aryl methyl sites for hydroxylation is 1. The van der Waals surface area contributed by atoms with E-state index in [-0.39, 0.29) is 17.7 Å². The maximum atomic E-state index is 12.3. The summed E-state index contributed by atoms with van der Waals surface area (Å²) in [6.45, 7) is 4.61. The lowest BCUT2D eigenvalue weighted by Gasteiger charge is -2.30. The summed E-state index contributed by atoms with van der Waals surface area (Å²) >= 11 is 0. The zero-order valence-corrected chi connectivity index (χ0v) is 13.3. The molecule has 3 rings (SSSR count). The average molecular weight is 300 g/mol. The van der Waals surface area contributed by atoms with Crippen molar-refractivity contribution in [3.8, 4) is 0 Å². The predicted molar refractivity (Wildman–Crippen MR) is 85.1 cm³/mol. The van der Waals surface area contributed by atoms with E-state index in [2.05, 4.69) is 25.1 Å². The van der Waals surface area contributed by atoms with Gasteiger partial charge in [0.25, 0.3) is 0 Å². The molecule has 118 valence electrons. The number of hydrogen-bond acceptors (Lipinski definition) is 2. The Morgan fingerprint density at radius 1 is 1.23 bits per heavy atom. The van der Waals surface area contributed by atoms with E-state index >= 15 is 0 Å². The maximum absolute atomic E-state index is 12.3. The van der Waals surface area contributed by atoms with E-state index in [1.54, 1.807) is 0 Å². The summed E-state index contributed by atoms with van der Waals surface area (Å²) in [5, 5.41) is 0. The molecule has 1 saturated heterocycles. The number of amides is 2. The molecule has 0 N–H and O–H groups in total. The fourth-order valence-electron chi connectivity index (χ4n) is 3.20. The molecule has 0 unspecified atom stereocenters. The van der Waals surface area contributed by atoms with Gasteiger partial charge in [-0.25, -0.2) is 0 Å². The zero-order chi connectivity index (χ0) is 15.5. The molecule has 1 saturated carbocycles. The van der Waals surface area contributed by atoms with Crippen LogP contribution in [0, 0.1) is 12.8 Å². The van der Waals surface area contributed by atoms with E-state index in [0.29, 0.717) is 32.6 Å². The van der Waals surface area contributed by atoms with Gasteiger partial charge in [-0.05, 0) is 25.3 Å². The fourth-order valence-corrected chi connectivity index (χ4v) is 3.20. The van der Waals surface area contributed by atoms with Crippen LogP contribution in [0.3, 0.4) is 0 Å². The van der Waals surface area contributed by atoms with Crippen LogP contribution in [0.2, 0.25) is 0 Å². The van der Waals surface area contributed by atoms with Crippen LogP contribution in [0.4, 0.5) is 0 Å². The minimum absolute atomic E-state index is 0.158. The molecule has 0 spiro atoms. The molecular weight excluding hydrogens is 276 g/mol. The highest BCUT2D eigenvalue weighted by atomic mass is 16.2. The Balaban J connectivity index is 1.62. The molecule has 0 atom stereocenters. The van der Waals surface area contributed by atoms with E-state index in [1.165, 1.54) is 12.0 Å². The first-order valence-electron chi connectivity index (χ1n) is 8.25. The Bertz CT molecular complexity index is 566. The summed E-state index contributed by atoms with van der Waals surface area (Å²) in [6, 6.07) is 8.27. The van der Waals surface area contributed by atoms with Crippen molar-refractivity contribution >= 4 is 11.8 Å². The second kappa shape index (κ2) is 6.51. The van der Waals surface area contributed by atoms with Crippen LogP contribution in [-0.2, 0) is 16.1 Å². The van der Waals surface area contributed by atoms with Crippen molar-refractivity contribution in [1.29, 1.82) is 0 Å². The third-order valence-electron chi connectivity index (χ3n) is 4.81. The summed E-state index contributed by atoms with van der Waals surface area (Å²) in [6.07, 6.45) is 3.67. The van der Waals surface area contributed by atoms with Gasteiger partial charge in [-0.3, -0.25) is 9.59 Å². The highest BCUT2D eigenvalue weighted by Gasteiger charge is 2.31. The Hall–Kier alpha value is -1.84. The van der Waals surface area contributed by atoms with E-state index in [4.69, 9.17) is 0 Å². The van der Waals surface area contributed by atoms with Gasteiger partial charge in [0.15, 0.2) is 0 Å². The van der Waals surface area contributed by atoms with Crippen molar-refractivity contribution in [2.75, 3.05) is 19.6 Å². The molecule has 4 nitrogen and oxygen atoms in total. The molecular formula is C18H24N2O2. The number of rotatable bonds is 3.